The third-order valence-electron chi connectivity index (χ3n) is 14.4. The molecule has 1 aliphatic rings. The van der Waals surface area contributed by atoms with Crippen LogP contribution in [0, 0.1) is 0 Å². The van der Waals surface area contributed by atoms with Crippen molar-refractivity contribution in [2.45, 2.75) is 5.41 Å². The number of imidazole rings is 2. The number of nitrogens with zero attached hydrogens (tertiary/aromatic N) is 4. The lowest BCUT2D eigenvalue weighted by Gasteiger charge is -2.34. The largest absolute Gasteiger partial charge is 0.292 e. The van der Waals surface area contributed by atoms with Gasteiger partial charge in [-0.05, 0) is 97.7 Å². The van der Waals surface area contributed by atoms with Crippen molar-refractivity contribution in [3.63, 3.8) is 0 Å². The molecule has 0 unspecified atom stereocenters. The van der Waals surface area contributed by atoms with Crippen LogP contribution >= 0.6 is 0 Å². The second-order valence-electron chi connectivity index (χ2n) is 18.0. The highest BCUT2D eigenvalue weighted by molar-refractivity contribution is 6.19. The quantitative estimate of drug-likeness (QED) is 0.150. The fourth-order valence-electron chi connectivity index (χ4n) is 11.6. The van der Waals surface area contributed by atoms with Gasteiger partial charge in [0.15, 0.2) is 0 Å². The maximum absolute atomic E-state index is 5.34. The van der Waals surface area contributed by atoms with Crippen LogP contribution in [0.5, 0.6) is 0 Å². The Morgan fingerprint density at radius 2 is 0.725 bits per heavy atom. The molecule has 14 rings (SSSR count). The van der Waals surface area contributed by atoms with Gasteiger partial charge in [0, 0.05) is 21.9 Å². The van der Waals surface area contributed by atoms with Gasteiger partial charge in [0.25, 0.3) is 0 Å². The van der Waals surface area contributed by atoms with E-state index in [4.69, 9.17) is 9.97 Å². The molecular weight excluding hydrogens is 837 g/mol. The third-order valence-corrected chi connectivity index (χ3v) is 14.4. The molecule has 0 saturated heterocycles. The van der Waals surface area contributed by atoms with Crippen molar-refractivity contribution in [1.82, 2.24) is 19.1 Å². The maximum Gasteiger partial charge on any atom is 0.145 e. The summed E-state index contributed by atoms with van der Waals surface area (Å²) in [5.74, 6) is 1.80. The molecule has 0 saturated carbocycles. The molecule has 0 atom stereocenters. The van der Waals surface area contributed by atoms with Crippen molar-refractivity contribution in [1.29, 1.82) is 0 Å². The molecule has 4 nitrogen and oxygen atoms in total. The van der Waals surface area contributed by atoms with Crippen molar-refractivity contribution < 1.29 is 0 Å². The van der Waals surface area contributed by atoms with Gasteiger partial charge in [-0.3, -0.25) is 9.13 Å². The standard InChI is InChI=1S/C65H42N4/c1-5-22-43(23-6-1)63-66-55-36-15-17-38-59(55)68(63)57-40-20-31-47-51(57)42-52-48(32-21-41-58(52)69-60-39-18-16-37-56(60)67-64(69)44-24-7-2-8-25-44)61(47)50-33-19-35-54-62(50)49-30-13-14-34-53(49)65(54,45-26-9-3-10-27-45)46-28-11-4-12-29-46/h1-42H. The van der Waals surface area contributed by atoms with Crippen LogP contribution in [0.3, 0.4) is 0 Å². The molecule has 1 aliphatic carbocycles. The van der Waals surface area contributed by atoms with Crippen molar-refractivity contribution in [3.05, 3.63) is 277 Å². The van der Waals surface area contributed by atoms with Crippen molar-refractivity contribution >= 4 is 43.6 Å². The first kappa shape index (κ1) is 39.1. The van der Waals surface area contributed by atoms with Crippen LogP contribution in [0.2, 0.25) is 0 Å². The molecule has 0 N–H and O–H groups in total. The molecule has 4 heteroatoms. The lowest BCUT2D eigenvalue weighted by Crippen LogP contribution is -2.28. The van der Waals surface area contributed by atoms with E-state index in [1.54, 1.807) is 0 Å². The van der Waals surface area contributed by atoms with E-state index < -0.39 is 5.41 Å². The molecule has 0 fully saturated rings. The lowest BCUT2D eigenvalue weighted by molar-refractivity contribution is 0.768. The van der Waals surface area contributed by atoms with Crippen LogP contribution in [0.4, 0.5) is 0 Å². The van der Waals surface area contributed by atoms with E-state index in [-0.39, 0.29) is 0 Å². The fourth-order valence-corrected chi connectivity index (χ4v) is 11.6. The highest BCUT2D eigenvalue weighted by atomic mass is 15.1. The minimum atomic E-state index is -0.554. The van der Waals surface area contributed by atoms with Gasteiger partial charge in [-0.25, -0.2) is 9.97 Å². The summed E-state index contributed by atoms with van der Waals surface area (Å²) >= 11 is 0. The first-order valence-electron chi connectivity index (χ1n) is 23.7. The topological polar surface area (TPSA) is 35.6 Å². The maximum atomic E-state index is 5.34. The molecule has 0 amide bonds. The molecule has 322 valence electrons. The molecule has 2 heterocycles. The minimum absolute atomic E-state index is 0.554. The Hall–Kier alpha value is -9.12. The van der Waals surface area contributed by atoms with Gasteiger partial charge in [-0.15, -0.1) is 0 Å². The SMILES string of the molecule is c1ccc(-c2nc3ccccc3n2-c2cccc3c(-c4cccc5c4-c4ccccc4C5(c4ccccc4)c4ccccc4)c4cccc(-n5c(-c6ccccc6)nc6ccccc65)c4cc23)cc1. The summed E-state index contributed by atoms with van der Waals surface area (Å²) in [6.07, 6.45) is 0. The highest BCUT2D eigenvalue weighted by Gasteiger charge is 2.47. The number of aromatic nitrogens is 4. The average Bonchev–Trinajstić information content (AvgIpc) is 4.10. The van der Waals surface area contributed by atoms with Gasteiger partial charge in [-0.1, -0.05) is 212 Å². The number of hydrogen-bond acceptors (Lipinski definition) is 2. The van der Waals surface area contributed by atoms with E-state index in [9.17, 15) is 0 Å². The monoisotopic (exact) mass is 878 g/mol. The van der Waals surface area contributed by atoms with E-state index in [2.05, 4.69) is 264 Å². The molecule has 0 aliphatic heterocycles. The fraction of sp³-hybridized carbons (Fsp3) is 0.0154. The molecule has 0 spiro atoms. The van der Waals surface area contributed by atoms with E-state index in [1.807, 2.05) is 0 Å². The van der Waals surface area contributed by atoms with Crippen molar-refractivity contribution in [2.75, 3.05) is 0 Å². The van der Waals surface area contributed by atoms with E-state index in [0.717, 1.165) is 77.8 Å². The smallest absolute Gasteiger partial charge is 0.145 e. The Morgan fingerprint density at radius 3 is 1.26 bits per heavy atom. The zero-order valence-corrected chi connectivity index (χ0v) is 37.5. The summed E-state index contributed by atoms with van der Waals surface area (Å²) in [6.45, 7) is 0. The van der Waals surface area contributed by atoms with Gasteiger partial charge in [0.2, 0.25) is 0 Å². The zero-order valence-electron chi connectivity index (χ0n) is 37.5. The Balaban J connectivity index is 1.16. The Labute approximate surface area is 399 Å². The van der Waals surface area contributed by atoms with E-state index in [0.29, 0.717) is 0 Å². The molecule has 0 radical (unpaired) electrons. The molecule has 13 aromatic rings. The van der Waals surface area contributed by atoms with Gasteiger partial charge in [0.05, 0.1) is 38.9 Å². The summed E-state index contributed by atoms with van der Waals surface area (Å²) < 4.78 is 4.74. The molecule has 11 aromatic carbocycles. The van der Waals surface area contributed by atoms with E-state index in [1.165, 1.54) is 44.5 Å². The number of hydrogen-bond donors (Lipinski definition) is 0. The van der Waals surface area contributed by atoms with Gasteiger partial charge in [-0.2, -0.15) is 0 Å². The van der Waals surface area contributed by atoms with Crippen molar-refractivity contribution in [3.8, 4) is 56.4 Å². The van der Waals surface area contributed by atoms with Crippen LogP contribution < -0.4 is 0 Å². The van der Waals surface area contributed by atoms with Crippen LogP contribution in [-0.2, 0) is 5.41 Å². The second-order valence-corrected chi connectivity index (χ2v) is 18.0. The molecular formula is C65H42N4. The summed E-state index contributed by atoms with van der Waals surface area (Å²) in [5.41, 5.74) is 17.6. The zero-order chi connectivity index (χ0) is 45.5. The van der Waals surface area contributed by atoms with Gasteiger partial charge >= 0.3 is 0 Å². The van der Waals surface area contributed by atoms with Crippen molar-refractivity contribution in [2.24, 2.45) is 0 Å². The Bertz CT molecular complexity index is 3900. The molecule has 69 heavy (non-hydrogen) atoms. The first-order chi connectivity index (χ1) is 34.3. The van der Waals surface area contributed by atoms with E-state index >= 15 is 0 Å². The minimum Gasteiger partial charge on any atom is -0.292 e. The normalized spacial score (nSPS) is 12.8. The van der Waals surface area contributed by atoms with Gasteiger partial charge < -0.3 is 0 Å². The van der Waals surface area contributed by atoms with Crippen LogP contribution in [0.1, 0.15) is 22.3 Å². The summed E-state index contributed by atoms with van der Waals surface area (Å²) in [4.78, 5) is 10.7. The average molecular weight is 879 g/mol. The second kappa shape index (κ2) is 15.5. The first-order valence-corrected chi connectivity index (χ1v) is 23.7. The third kappa shape index (κ3) is 5.76. The van der Waals surface area contributed by atoms with Crippen LogP contribution in [0.15, 0.2) is 255 Å². The summed E-state index contributed by atoms with van der Waals surface area (Å²) in [7, 11) is 0. The lowest BCUT2D eigenvalue weighted by atomic mass is 9.67. The molecule has 2 aromatic heterocycles. The van der Waals surface area contributed by atoms with Gasteiger partial charge in [0.1, 0.15) is 11.6 Å². The number of rotatable bonds is 7. The summed E-state index contributed by atoms with van der Waals surface area (Å²) in [6, 6.07) is 92.5. The Morgan fingerprint density at radius 1 is 0.304 bits per heavy atom. The predicted octanol–water partition coefficient (Wildman–Crippen LogP) is 16.0. The van der Waals surface area contributed by atoms with Crippen LogP contribution in [-0.4, -0.2) is 19.1 Å². The summed E-state index contributed by atoms with van der Waals surface area (Å²) in [5, 5.41) is 4.57. The number of para-hydroxylation sites is 4. The Kier molecular flexibility index (Phi) is 8.77. The highest BCUT2D eigenvalue weighted by Crippen LogP contribution is 2.59. The predicted molar refractivity (Wildman–Crippen MR) is 284 cm³/mol. The number of fused-ring (bicyclic) bond motifs is 7. The molecule has 0 bridgehead atoms. The number of benzene rings is 11. The van der Waals surface area contributed by atoms with Crippen LogP contribution in [0.25, 0.3) is 100 Å².